The number of hydrogen-bond acceptors (Lipinski definition) is 20. The van der Waals surface area contributed by atoms with Crippen molar-refractivity contribution in [2.45, 2.75) is 85.6 Å². The van der Waals surface area contributed by atoms with Crippen LogP contribution < -0.4 is 67.8 Å². The summed E-state index contributed by atoms with van der Waals surface area (Å²) < 4.78 is 42.7. The number of nitrogens with two attached hydrogens (primary N) is 1. The number of aryl methyl sites for hydroxylation is 3. The SMILES string of the molecule is CC(C)(C)c1noc([C-]=O)n1.Cc1c(CCC(=O)c2nc(C(C)(C)C)no2)ccc(-c2ncnc(Nc3ccn(C)n3)n2)c1F.Cc1c(CN)ccc(-c2ncnc(Nc3ccn(C)n3)n2)c1F.[K+].[OH-]. The van der Waals surface area contributed by atoms with Crippen LogP contribution in [0.4, 0.5) is 32.3 Å². The van der Waals surface area contributed by atoms with Crippen molar-refractivity contribution < 1.29 is 84.3 Å². The number of carbonyl (C=O) groups excluding carboxylic acids is 2. The van der Waals surface area contributed by atoms with Crippen LogP contribution in [0.5, 0.6) is 0 Å². The van der Waals surface area contributed by atoms with Crippen molar-refractivity contribution in [3.05, 3.63) is 119 Å². The minimum absolute atomic E-state index is 0. The fourth-order valence-electron chi connectivity index (χ4n) is 6.02. The second-order valence-corrected chi connectivity index (χ2v) is 17.3. The topological polar surface area (TPSA) is 305 Å². The fraction of sp³-hybridized carbons (Fsp3) is 0.333. The summed E-state index contributed by atoms with van der Waals surface area (Å²) in [6.45, 7) is 15.3. The van der Waals surface area contributed by atoms with Gasteiger partial charge in [0, 0.05) is 62.4 Å². The zero-order valence-corrected chi connectivity index (χ0v) is 43.7. The Balaban J connectivity index is 0.000000255. The van der Waals surface area contributed by atoms with Crippen LogP contribution in [0, 0.1) is 25.5 Å². The Kier molecular flexibility index (Phi) is 19.5. The quantitative estimate of drug-likeness (QED) is 0.0895. The average molecular weight is 987 g/mol. The van der Waals surface area contributed by atoms with Gasteiger partial charge in [-0.05, 0) is 54.7 Å². The molecular weight excluding hydrogens is 936 g/mol. The van der Waals surface area contributed by atoms with E-state index in [2.05, 4.69) is 75.5 Å². The molecule has 5 N–H and O–H groups in total. The number of anilines is 4. The van der Waals surface area contributed by atoms with Gasteiger partial charge in [-0.3, -0.25) is 14.2 Å². The van der Waals surface area contributed by atoms with Crippen LogP contribution in [0.15, 0.2) is 70.5 Å². The third-order valence-electron chi connectivity index (χ3n) is 9.89. The first-order valence-corrected chi connectivity index (χ1v) is 21.0. The van der Waals surface area contributed by atoms with Gasteiger partial charge >= 0.3 is 51.4 Å². The van der Waals surface area contributed by atoms with Crippen molar-refractivity contribution in [3.8, 4) is 22.8 Å². The molecule has 0 bridgehead atoms. The number of ketones is 1. The van der Waals surface area contributed by atoms with E-state index in [1.807, 2.05) is 41.5 Å². The van der Waals surface area contributed by atoms with E-state index in [4.69, 9.17) is 10.3 Å². The van der Waals surface area contributed by atoms with E-state index in [1.165, 1.54) is 18.9 Å². The first kappa shape index (κ1) is 56.1. The number of rotatable bonds is 12. The minimum atomic E-state index is -0.451. The van der Waals surface area contributed by atoms with E-state index in [0.717, 1.165) is 5.56 Å². The third-order valence-corrected chi connectivity index (χ3v) is 9.89. The van der Waals surface area contributed by atoms with Crippen molar-refractivity contribution in [3.63, 3.8) is 0 Å². The zero-order chi connectivity index (χ0) is 49.3. The van der Waals surface area contributed by atoms with Crippen LogP contribution in [-0.2, 0) is 42.7 Å². The van der Waals surface area contributed by atoms with E-state index < -0.39 is 5.82 Å². The first-order chi connectivity index (χ1) is 32.2. The number of nitrogens with one attached hydrogen (secondary N) is 2. The zero-order valence-electron chi connectivity index (χ0n) is 40.6. The summed E-state index contributed by atoms with van der Waals surface area (Å²) in [4.78, 5) is 55.3. The molecule has 0 spiro atoms. The Morgan fingerprint density at radius 3 is 1.59 bits per heavy atom. The molecule has 0 fully saturated rings. The molecule has 8 aromatic rings. The van der Waals surface area contributed by atoms with Gasteiger partial charge in [0.05, 0.1) is 11.1 Å². The van der Waals surface area contributed by atoms with E-state index >= 15 is 4.39 Å². The van der Waals surface area contributed by atoms with Crippen LogP contribution in [-0.4, -0.2) is 87.3 Å². The Hall–Kier alpha value is -6.48. The molecule has 22 nitrogen and oxygen atoms in total. The summed E-state index contributed by atoms with van der Waals surface area (Å²) in [5.41, 5.74) is 8.03. The van der Waals surface area contributed by atoms with Crippen LogP contribution >= 0.6 is 0 Å². The monoisotopic (exact) mass is 986 g/mol. The molecule has 6 heterocycles. The first-order valence-electron chi connectivity index (χ1n) is 21.0. The molecule has 362 valence electrons. The van der Waals surface area contributed by atoms with Gasteiger partial charge in [-0.2, -0.15) is 31.4 Å². The molecule has 0 unspecified atom stereocenters. The molecule has 2 aromatic carbocycles. The Morgan fingerprint density at radius 1 is 0.700 bits per heavy atom. The maximum absolute atomic E-state index is 15.2. The van der Waals surface area contributed by atoms with E-state index in [9.17, 15) is 14.0 Å². The summed E-state index contributed by atoms with van der Waals surface area (Å²) in [5, 5.41) is 21.8. The fourth-order valence-corrected chi connectivity index (χ4v) is 6.02. The molecule has 0 saturated carbocycles. The predicted molar refractivity (Wildman–Crippen MR) is 246 cm³/mol. The molecule has 0 atom stereocenters. The Labute approximate surface area is 443 Å². The van der Waals surface area contributed by atoms with E-state index in [0.29, 0.717) is 57.9 Å². The number of Topliss-reactive ketones (excluding diaryl/α,β-unsaturated/α-hetero) is 1. The van der Waals surface area contributed by atoms with Crippen LogP contribution in [0.2, 0.25) is 0 Å². The second kappa shape index (κ2) is 24.4. The van der Waals surface area contributed by atoms with Gasteiger partial charge in [0.15, 0.2) is 34.9 Å². The number of aromatic nitrogens is 14. The number of carbonyl (C=O) groups is 1. The Morgan fingerprint density at radius 2 is 1.17 bits per heavy atom. The largest absolute Gasteiger partial charge is 1.00 e. The smallest absolute Gasteiger partial charge is 0.870 e. The summed E-state index contributed by atoms with van der Waals surface area (Å²) in [5.74, 6) is 1.93. The van der Waals surface area contributed by atoms with Gasteiger partial charge < -0.3 is 35.7 Å². The molecule has 0 aliphatic rings. The van der Waals surface area contributed by atoms with Crippen LogP contribution in [0.3, 0.4) is 0 Å². The van der Waals surface area contributed by atoms with Gasteiger partial charge in [0.1, 0.15) is 30.2 Å². The third kappa shape index (κ3) is 14.5. The molecule has 0 radical (unpaired) electrons. The van der Waals surface area contributed by atoms with E-state index in [-0.39, 0.29) is 127 Å². The summed E-state index contributed by atoms with van der Waals surface area (Å²) in [6.07, 6.45) is 8.19. The van der Waals surface area contributed by atoms with Gasteiger partial charge in [0.2, 0.25) is 17.7 Å². The molecule has 0 aliphatic carbocycles. The summed E-state index contributed by atoms with van der Waals surface area (Å²) in [7, 11) is 3.60. The van der Waals surface area contributed by atoms with Crippen molar-refractivity contribution in [2.75, 3.05) is 10.6 Å². The van der Waals surface area contributed by atoms with Crippen molar-refractivity contribution >= 4 is 35.6 Å². The molecule has 70 heavy (non-hydrogen) atoms. The van der Waals surface area contributed by atoms with E-state index in [1.54, 1.807) is 86.1 Å². The normalized spacial score (nSPS) is 11.0. The molecule has 0 amide bonds. The average Bonchev–Trinajstić information content (AvgIpc) is 4.14. The van der Waals surface area contributed by atoms with Gasteiger partial charge in [0.25, 0.3) is 5.89 Å². The summed E-state index contributed by atoms with van der Waals surface area (Å²) >= 11 is 0. The predicted octanol–water partition coefficient (Wildman–Crippen LogP) is 3.53. The Bertz CT molecular complexity index is 3030. The maximum Gasteiger partial charge on any atom is 1.00 e. The van der Waals surface area contributed by atoms with Crippen LogP contribution in [0.25, 0.3) is 22.8 Å². The summed E-state index contributed by atoms with van der Waals surface area (Å²) in [6, 6.07) is 10.3. The van der Waals surface area contributed by atoms with Gasteiger partial charge in [-0.15, -0.1) is 0 Å². The number of nitrogens with zero attached hydrogens (tertiary/aromatic N) is 14. The standard InChI is InChI=1S/C23H25FN8O2.C15H16FN7.C7H9N2O2.K.H2O/c1-13-14(7-9-16(33)20-29-21(31-34-20)23(2,3)4)6-8-15(18(13)24)19-25-12-26-22(28-19)27-17-10-11-32(5)30-17;1-9-10(7-17)3-4-11(13(9)16)14-18-8-19-15(21-14)20-12-5-6-23(2)22-12;1-7(2,3)6-8-5(4-10)11-9-6;;/h6,8,10-12H,7,9H2,1-5H3,(H,25,26,27,28,30);3-6,8H,7,17H2,1-2H3,(H,18,19,20,21,22);1-3H3;;1H2/q;;-1;+1;/p-1. The minimum Gasteiger partial charge on any atom is -0.870 e. The van der Waals surface area contributed by atoms with Crippen molar-refractivity contribution in [1.29, 1.82) is 0 Å². The maximum atomic E-state index is 15.2. The van der Waals surface area contributed by atoms with Gasteiger partial charge in [-0.1, -0.05) is 64.0 Å². The van der Waals surface area contributed by atoms with Crippen molar-refractivity contribution in [1.82, 2.24) is 69.7 Å². The molecule has 0 saturated heterocycles. The number of halogens is 2. The molecular formula is C45H51F2KN17O5-. The molecule has 0 aliphatic heterocycles. The number of benzene rings is 2. The molecule has 6 aromatic heterocycles. The molecule has 25 heteroatoms. The molecule has 8 rings (SSSR count). The van der Waals surface area contributed by atoms with Crippen LogP contribution in [0.1, 0.15) is 98.4 Å². The second-order valence-electron chi connectivity index (χ2n) is 17.3. The van der Waals surface area contributed by atoms with Crippen molar-refractivity contribution in [2.24, 2.45) is 19.8 Å². The number of hydrogen-bond donors (Lipinski definition) is 3. The van der Waals surface area contributed by atoms with Gasteiger partial charge in [-0.25, -0.2) is 33.7 Å².